The summed E-state index contributed by atoms with van der Waals surface area (Å²) in [5.41, 5.74) is 0. The van der Waals surface area contributed by atoms with E-state index in [0.717, 1.165) is 19.5 Å². The molecule has 1 heterocycles. The molecule has 1 aromatic rings. The lowest BCUT2D eigenvalue weighted by atomic mass is 10.4. The van der Waals surface area contributed by atoms with Crippen molar-refractivity contribution in [2.24, 2.45) is 0 Å². The average molecular weight is 238 g/mol. The van der Waals surface area contributed by atoms with Crippen LogP contribution in [0.5, 0.6) is 11.6 Å². The van der Waals surface area contributed by atoms with E-state index in [4.69, 9.17) is 9.47 Å². The number of hydrogen-bond acceptors (Lipinski definition) is 4. The minimum absolute atomic E-state index is 0.125. The summed E-state index contributed by atoms with van der Waals surface area (Å²) < 4.78 is 11.2. The number of rotatable bonds is 8. The fourth-order valence-corrected chi connectivity index (χ4v) is 1.35. The molecule has 17 heavy (non-hydrogen) atoms. The van der Waals surface area contributed by atoms with Crippen LogP contribution in [0.25, 0.3) is 0 Å². The Labute approximate surface area is 103 Å². The Kier molecular flexibility index (Phi) is 6.40. The first-order chi connectivity index (χ1) is 8.24. The molecular formula is C13H22N2O2. The highest BCUT2D eigenvalue weighted by molar-refractivity contribution is 5.32. The molecule has 0 radical (unpaired) electrons. The number of ether oxygens (including phenoxy) is 2. The minimum Gasteiger partial charge on any atom is -0.485 e. The Bertz CT molecular complexity index is 316. The van der Waals surface area contributed by atoms with Gasteiger partial charge in [-0.3, -0.25) is 0 Å². The van der Waals surface area contributed by atoms with Gasteiger partial charge in [-0.2, -0.15) is 0 Å². The van der Waals surface area contributed by atoms with Crippen LogP contribution in [0, 0.1) is 0 Å². The monoisotopic (exact) mass is 238 g/mol. The van der Waals surface area contributed by atoms with Crippen LogP contribution in [-0.2, 0) is 0 Å². The van der Waals surface area contributed by atoms with E-state index in [1.807, 2.05) is 26.0 Å². The summed E-state index contributed by atoms with van der Waals surface area (Å²) in [6.45, 7) is 8.55. The van der Waals surface area contributed by atoms with Crippen LogP contribution in [0.1, 0.15) is 27.2 Å². The fraction of sp³-hybridized carbons (Fsp3) is 0.615. The molecule has 0 aliphatic carbocycles. The number of pyridine rings is 1. The van der Waals surface area contributed by atoms with E-state index < -0.39 is 0 Å². The van der Waals surface area contributed by atoms with E-state index in [1.54, 1.807) is 6.20 Å². The Balaban J connectivity index is 2.40. The maximum absolute atomic E-state index is 5.62. The first kappa shape index (κ1) is 13.8. The van der Waals surface area contributed by atoms with Gasteiger partial charge in [0.15, 0.2) is 5.75 Å². The summed E-state index contributed by atoms with van der Waals surface area (Å²) in [6, 6.07) is 3.72. The van der Waals surface area contributed by atoms with Crippen LogP contribution in [0.15, 0.2) is 18.3 Å². The van der Waals surface area contributed by atoms with Gasteiger partial charge < -0.3 is 14.8 Å². The Morgan fingerprint density at radius 2 is 2.18 bits per heavy atom. The van der Waals surface area contributed by atoms with Crippen LogP contribution in [0.3, 0.4) is 0 Å². The molecule has 0 saturated heterocycles. The van der Waals surface area contributed by atoms with Gasteiger partial charge in [0.25, 0.3) is 5.88 Å². The quantitative estimate of drug-likeness (QED) is 0.705. The highest BCUT2D eigenvalue weighted by atomic mass is 16.5. The lowest BCUT2D eigenvalue weighted by Crippen LogP contribution is -2.22. The summed E-state index contributed by atoms with van der Waals surface area (Å²) >= 11 is 0. The molecule has 0 unspecified atom stereocenters. The van der Waals surface area contributed by atoms with Crippen molar-refractivity contribution in [3.05, 3.63) is 18.3 Å². The SMILES string of the molecule is CCCNCCOc1ncccc1OC(C)C. The smallest absolute Gasteiger partial charge is 0.257 e. The van der Waals surface area contributed by atoms with Crippen molar-refractivity contribution in [2.75, 3.05) is 19.7 Å². The predicted octanol–water partition coefficient (Wildman–Crippen LogP) is 2.25. The molecule has 1 aromatic heterocycles. The molecule has 0 aliphatic rings. The zero-order chi connectivity index (χ0) is 12.5. The van der Waals surface area contributed by atoms with Crippen LogP contribution >= 0.6 is 0 Å². The van der Waals surface area contributed by atoms with Crippen molar-refractivity contribution in [1.82, 2.24) is 10.3 Å². The number of nitrogens with one attached hydrogen (secondary N) is 1. The van der Waals surface area contributed by atoms with Gasteiger partial charge in [-0.05, 0) is 38.9 Å². The minimum atomic E-state index is 0.125. The highest BCUT2D eigenvalue weighted by Crippen LogP contribution is 2.24. The summed E-state index contributed by atoms with van der Waals surface area (Å²) in [6.07, 6.45) is 2.97. The van der Waals surface area contributed by atoms with E-state index in [2.05, 4.69) is 17.2 Å². The zero-order valence-corrected chi connectivity index (χ0v) is 10.9. The number of hydrogen-bond donors (Lipinski definition) is 1. The van der Waals surface area contributed by atoms with Gasteiger partial charge in [-0.25, -0.2) is 4.98 Å². The van der Waals surface area contributed by atoms with Crippen LogP contribution in [0.2, 0.25) is 0 Å². The second-order valence-corrected chi connectivity index (χ2v) is 4.07. The van der Waals surface area contributed by atoms with E-state index >= 15 is 0 Å². The Morgan fingerprint density at radius 3 is 2.88 bits per heavy atom. The van der Waals surface area contributed by atoms with Gasteiger partial charge in [0.05, 0.1) is 6.10 Å². The van der Waals surface area contributed by atoms with Gasteiger partial charge in [-0.1, -0.05) is 6.92 Å². The molecule has 0 fully saturated rings. The summed E-state index contributed by atoms with van der Waals surface area (Å²) in [7, 11) is 0. The molecule has 0 spiro atoms. The molecule has 0 amide bonds. The van der Waals surface area contributed by atoms with Gasteiger partial charge in [-0.15, -0.1) is 0 Å². The third-order valence-electron chi connectivity index (χ3n) is 2.04. The third kappa shape index (κ3) is 5.54. The predicted molar refractivity (Wildman–Crippen MR) is 68.7 cm³/mol. The molecular weight excluding hydrogens is 216 g/mol. The summed E-state index contributed by atoms with van der Waals surface area (Å²) in [4.78, 5) is 4.17. The van der Waals surface area contributed by atoms with Crippen molar-refractivity contribution >= 4 is 0 Å². The number of nitrogens with zero attached hydrogens (tertiary/aromatic N) is 1. The van der Waals surface area contributed by atoms with Crippen LogP contribution < -0.4 is 14.8 Å². The first-order valence-electron chi connectivity index (χ1n) is 6.19. The molecule has 0 atom stereocenters. The summed E-state index contributed by atoms with van der Waals surface area (Å²) in [5.74, 6) is 1.28. The van der Waals surface area contributed by atoms with Crippen molar-refractivity contribution in [3.8, 4) is 11.6 Å². The molecule has 1 N–H and O–H groups in total. The molecule has 0 saturated carbocycles. The highest BCUT2D eigenvalue weighted by Gasteiger charge is 2.07. The van der Waals surface area contributed by atoms with Crippen molar-refractivity contribution < 1.29 is 9.47 Å². The second kappa shape index (κ2) is 7.90. The van der Waals surface area contributed by atoms with E-state index in [1.165, 1.54) is 0 Å². The van der Waals surface area contributed by atoms with Crippen molar-refractivity contribution in [2.45, 2.75) is 33.3 Å². The first-order valence-corrected chi connectivity index (χ1v) is 6.19. The molecule has 1 rings (SSSR count). The molecule has 0 aromatic carbocycles. The van der Waals surface area contributed by atoms with Gasteiger partial charge in [0.1, 0.15) is 6.61 Å². The van der Waals surface area contributed by atoms with Gasteiger partial charge >= 0.3 is 0 Å². The maximum atomic E-state index is 5.62. The maximum Gasteiger partial charge on any atom is 0.257 e. The van der Waals surface area contributed by atoms with E-state index in [0.29, 0.717) is 18.2 Å². The van der Waals surface area contributed by atoms with Gasteiger partial charge in [0.2, 0.25) is 0 Å². The second-order valence-electron chi connectivity index (χ2n) is 4.07. The van der Waals surface area contributed by atoms with Crippen molar-refractivity contribution in [1.29, 1.82) is 0 Å². The lowest BCUT2D eigenvalue weighted by molar-refractivity contribution is 0.216. The molecule has 0 bridgehead atoms. The Hall–Kier alpha value is -1.29. The average Bonchev–Trinajstić information content (AvgIpc) is 2.30. The lowest BCUT2D eigenvalue weighted by Gasteiger charge is -2.13. The molecule has 96 valence electrons. The third-order valence-corrected chi connectivity index (χ3v) is 2.04. The molecule has 4 heteroatoms. The van der Waals surface area contributed by atoms with E-state index in [9.17, 15) is 0 Å². The Morgan fingerprint density at radius 1 is 1.35 bits per heavy atom. The van der Waals surface area contributed by atoms with Crippen molar-refractivity contribution in [3.63, 3.8) is 0 Å². The van der Waals surface area contributed by atoms with Gasteiger partial charge in [0, 0.05) is 12.7 Å². The normalized spacial score (nSPS) is 10.6. The summed E-state index contributed by atoms with van der Waals surface area (Å²) in [5, 5.41) is 3.27. The zero-order valence-electron chi connectivity index (χ0n) is 10.9. The topological polar surface area (TPSA) is 43.4 Å². The number of aromatic nitrogens is 1. The van der Waals surface area contributed by atoms with E-state index in [-0.39, 0.29) is 6.10 Å². The molecule has 0 aliphatic heterocycles. The standard InChI is InChI=1S/C13H22N2O2/c1-4-7-14-9-10-16-13-12(17-11(2)3)6-5-8-15-13/h5-6,8,11,14H,4,7,9-10H2,1-3H3. The van der Waals surface area contributed by atoms with Crippen LogP contribution in [-0.4, -0.2) is 30.8 Å². The molecule has 4 nitrogen and oxygen atoms in total. The largest absolute Gasteiger partial charge is 0.485 e. The fourth-order valence-electron chi connectivity index (χ4n) is 1.35. The van der Waals surface area contributed by atoms with Crippen LogP contribution in [0.4, 0.5) is 0 Å².